The minimum Gasteiger partial charge on any atom is -0.508 e. The van der Waals surface area contributed by atoms with Crippen molar-refractivity contribution in [3.8, 4) is 5.75 Å². The number of hydrogen-bond acceptors (Lipinski definition) is 3. The van der Waals surface area contributed by atoms with Crippen molar-refractivity contribution < 1.29 is 5.11 Å². The molecule has 0 radical (unpaired) electrons. The van der Waals surface area contributed by atoms with E-state index in [1.54, 1.807) is 12.1 Å². The summed E-state index contributed by atoms with van der Waals surface area (Å²) in [6.45, 7) is 3.84. The molecule has 2 aromatic rings. The normalized spacial score (nSPS) is 10.4. The number of imidazole rings is 1. The Hall–Kier alpha value is -1.97. The van der Waals surface area contributed by atoms with Crippen LogP contribution in [0.4, 0.5) is 5.69 Å². The Balaban J connectivity index is 1.99. The minimum absolute atomic E-state index is 0.275. The molecule has 0 unspecified atom stereocenters. The van der Waals surface area contributed by atoms with Crippen molar-refractivity contribution >= 4 is 5.69 Å². The van der Waals surface area contributed by atoms with Gasteiger partial charge in [-0.05, 0) is 18.6 Å². The zero-order valence-electron chi connectivity index (χ0n) is 9.93. The van der Waals surface area contributed by atoms with E-state index in [4.69, 9.17) is 0 Å². The molecule has 1 aromatic carbocycles. The van der Waals surface area contributed by atoms with Crippen LogP contribution in [-0.4, -0.2) is 14.7 Å². The molecule has 17 heavy (non-hydrogen) atoms. The van der Waals surface area contributed by atoms with Crippen molar-refractivity contribution in [1.29, 1.82) is 0 Å². The standard InChI is InChI=1S/C13H17N3O/c1-2-6-16-10-14-8-12(16)9-15-11-4-3-5-13(17)7-11/h3-5,7-8,10,15,17H,2,6,9H2,1H3. The van der Waals surface area contributed by atoms with E-state index in [9.17, 15) is 5.11 Å². The van der Waals surface area contributed by atoms with Gasteiger partial charge < -0.3 is 15.0 Å². The topological polar surface area (TPSA) is 50.1 Å². The second-order valence-corrected chi connectivity index (χ2v) is 3.98. The molecule has 0 spiro atoms. The van der Waals surface area contributed by atoms with Gasteiger partial charge in [0.2, 0.25) is 0 Å². The first kappa shape index (κ1) is 11.5. The Kier molecular flexibility index (Phi) is 3.65. The predicted octanol–water partition coefficient (Wildman–Crippen LogP) is 2.61. The van der Waals surface area contributed by atoms with E-state index in [0.29, 0.717) is 6.54 Å². The van der Waals surface area contributed by atoms with Gasteiger partial charge in [-0.25, -0.2) is 4.98 Å². The molecule has 0 bridgehead atoms. The number of anilines is 1. The van der Waals surface area contributed by atoms with Crippen LogP contribution in [-0.2, 0) is 13.1 Å². The third-order valence-electron chi connectivity index (χ3n) is 2.58. The number of phenolic OH excluding ortho intramolecular Hbond substituents is 1. The average molecular weight is 231 g/mol. The van der Waals surface area contributed by atoms with Gasteiger partial charge in [-0.1, -0.05) is 13.0 Å². The van der Waals surface area contributed by atoms with Crippen molar-refractivity contribution in [2.75, 3.05) is 5.32 Å². The van der Waals surface area contributed by atoms with E-state index >= 15 is 0 Å². The van der Waals surface area contributed by atoms with Gasteiger partial charge in [0, 0.05) is 24.5 Å². The van der Waals surface area contributed by atoms with E-state index < -0.39 is 0 Å². The molecule has 2 rings (SSSR count). The summed E-state index contributed by atoms with van der Waals surface area (Å²) in [5, 5.41) is 12.6. The summed E-state index contributed by atoms with van der Waals surface area (Å²) in [5.41, 5.74) is 2.06. The summed E-state index contributed by atoms with van der Waals surface area (Å²) in [4.78, 5) is 4.14. The molecule has 2 N–H and O–H groups in total. The average Bonchev–Trinajstić information content (AvgIpc) is 2.75. The van der Waals surface area contributed by atoms with Gasteiger partial charge in [0.05, 0.1) is 18.6 Å². The monoisotopic (exact) mass is 231 g/mol. The molecule has 0 fully saturated rings. The lowest BCUT2D eigenvalue weighted by Crippen LogP contribution is -2.06. The van der Waals surface area contributed by atoms with E-state index in [-0.39, 0.29) is 5.75 Å². The van der Waals surface area contributed by atoms with Gasteiger partial charge in [-0.2, -0.15) is 0 Å². The fourth-order valence-corrected chi connectivity index (χ4v) is 1.75. The van der Waals surface area contributed by atoms with E-state index in [1.807, 2.05) is 24.7 Å². The molecule has 0 aliphatic carbocycles. The molecule has 0 saturated heterocycles. The molecule has 0 amide bonds. The van der Waals surface area contributed by atoms with Gasteiger partial charge in [0.25, 0.3) is 0 Å². The van der Waals surface area contributed by atoms with E-state index in [1.165, 1.54) is 0 Å². The first-order valence-corrected chi connectivity index (χ1v) is 5.81. The largest absolute Gasteiger partial charge is 0.508 e. The first-order chi connectivity index (χ1) is 8.29. The summed E-state index contributed by atoms with van der Waals surface area (Å²) in [5.74, 6) is 0.275. The fourth-order valence-electron chi connectivity index (χ4n) is 1.75. The molecule has 1 aromatic heterocycles. The molecule has 1 heterocycles. The fraction of sp³-hybridized carbons (Fsp3) is 0.308. The number of aromatic hydroxyl groups is 1. The van der Waals surface area contributed by atoms with Crippen LogP contribution in [0.15, 0.2) is 36.8 Å². The second kappa shape index (κ2) is 5.39. The molecule has 0 aliphatic heterocycles. The zero-order valence-corrected chi connectivity index (χ0v) is 9.93. The third kappa shape index (κ3) is 3.00. The van der Waals surface area contributed by atoms with Crippen molar-refractivity contribution in [3.63, 3.8) is 0 Å². The lowest BCUT2D eigenvalue weighted by Gasteiger charge is -2.09. The van der Waals surface area contributed by atoms with Crippen LogP contribution < -0.4 is 5.32 Å². The van der Waals surface area contributed by atoms with Gasteiger partial charge in [-0.3, -0.25) is 0 Å². The van der Waals surface area contributed by atoms with Crippen LogP contribution in [0.1, 0.15) is 19.0 Å². The zero-order chi connectivity index (χ0) is 12.1. The number of nitrogens with one attached hydrogen (secondary N) is 1. The first-order valence-electron chi connectivity index (χ1n) is 5.81. The number of benzene rings is 1. The molecule has 90 valence electrons. The van der Waals surface area contributed by atoms with Crippen LogP contribution in [0.2, 0.25) is 0 Å². The van der Waals surface area contributed by atoms with Crippen molar-refractivity contribution in [2.24, 2.45) is 0 Å². The van der Waals surface area contributed by atoms with Gasteiger partial charge in [-0.15, -0.1) is 0 Å². The van der Waals surface area contributed by atoms with Gasteiger partial charge in [0.15, 0.2) is 0 Å². The number of hydrogen-bond donors (Lipinski definition) is 2. The van der Waals surface area contributed by atoms with Crippen molar-refractivity contribution in [2.45, 2.75) is 26.4 Å². The van der Waals surface area contributed by atoms with Crippen LogP contribution in [0, 0.1) is 0 Å². The Morgan fingerprint density at radius 2 is 2.29 bits per heavy atom. The van der Waals surface area contributed by atoms with Gasteiger partial charge in [0.1, 0.15) is 5.75 Å². The summed E-state index contributed by atoms with van der Waals surface area (Å²) in [6, 6.07) is 7.12. The molecule has 0 saturated carbocycles. The number of phenols is 1. The maximum absolute atomic E-state index is 9.35. The summed E-state index contributed by atoms with van der Waals surface area (Å²) >= 11 is 0. The number of nitrogens with zero attached hydrogens (tertiary/aromatic N) is 2. The molecule has 4 heteroatoms. The molecule has 0 atom stereocenters. The van der Waals surface area contributed by atoms with E-state index in [2.05, 4.69) is 21.8 Å². The SMILES string of the molecule is CCCn1cncc1CNc1cccc(O)c1. The molecular formula is C13H17N3O. The van der Waals surface area contributed by atoms with Gasteiger partial charge >= 0.3 is 0 Å². The smallest absolute Gasteiger partial charge is 0.117 e. The minimum atomic E-state index is 0.275. The Labute approximate surface area is 101 Å². The highest BCUT2D eigenvalue weighted by Crippen LogP contribution is 2.16. The highest BCUT2D eigenvalue weighted by molar-refractivity contribution is 5.47. The van der Waals surface area contributed by atoms with Crippen LogP contribution in [0.25, 0.3) is 0 Å². The maximum Gasteiger partial charge on any atom is 0.117 e. The summed E-state index contributed by atoms with van der Waals surface area (Å²) in [7, 11) is 0. The van der Waals surface area contributed by atoms with Crippen molar-refractivity contribution in [3.05, 3.63) is 42.5 Å². The summed E-state index contributed by atoms with van der Waals surface area (Å²) in [6.07, 6.45) is 4.81. The lowest BCUT2D eigenvalue weighted by molar-refractivity contribution is 0.475. The Morgan fingerprint density at radius 1 is 1.41 bits per heavy atom. The van der Waals surface area contributed by atoms with Crippen LogP contribution >= 0.6 is 0 Å². The lowest BCUT2D eigenvalue weighted by atomic mass is 10.3. The van der Waals surface area contributed by atoms with Crippen LogP contribution in [0.3, 0.4) is 0 Å². The number of aromatic nitrogens is 2. The van der Waals surface area contributed by atoms with E-state index in [0.717, 1.165) is 24.3 Å². The highest BCUT2D eigenvalue weighted by Gasteiger charge is 2.01. The summed E-state index contributed by atoms with van der Waals surface area (Å²) < 4.78 is 2.13. The quantitative estimate of drug-likeness (QED) is 0.831. The number of aryl methyl sites for hydroxylation is 1. The maximum atomic E-state index is 9.35. The second-order valence-electron chi connectivity index (χ2n) is 3.98. The van der Waals surface area contributed by atoms with Crippen molar-refractivity contribution in [1.82, 2.24) is 9.55 Å². The molecular weight excluding hydrogens is 214 g/mol. The molecule has 0 aliphatic rings. The third-order valence-corrected chi connectivity index (χ3v) is 2.58. The predicted molar refractivity (Wildman–Crippen MR) is 68.0 cm³/mol. The highest BCUT2D eigenvalue weighted by atomic mass is 16.3. The molecule has 4 nitrogen and oxygen atoms in total. The Bertz CT molecular complexity index is 479. The number of rotatable bonds is 5. The Morgan fingerprint density at radius 3 is 3.06 bits per heavy atom. The van der Waals surface area contributed by atoms with Crippen LogP contribution in [0.5, 0.6) is 5.75 Å².